The van der Waals surface area contributed by atoms with Gasteiger partial charge in [0.2, 0.25) is 0 Å². The Morgan fingerprint density at radius 1 is 1.28 bits per heavy atom. The van der Waals surface area contributed by atoms with Crippen molar-refractivity contribution in [1.29, 1.82) is 0 Å². The van der Waals surface area contributed by atoms with E-state index in [1.54, 1.807) is 0 Å². The van der Waals surface area contributed by atoms with E-state index >= 15 is 0 Å². The van der Waals surface area contributed by atoms with Crippen molar-refractivity contribution < 1.29 is 0 Å². The number of anilines is 1. The van der Waals surface area contributed by atoms with Crippen molar-refractivity contribution in [1.82, 2.24) is 0 Å². The third-order valence-electron chi connectivity index (χ3n) is 3.57. The Labute approximate surface area is 111 Å². The molecule has 1 saturated carbocycles. The van der Waals surface area contributed by atoms with E-state index in [1.807, 2.05) is 0 Å². The van der Waals surface area contributed by atoms with Gasteiger partial charge in [0, 0.05) is 24.3 Å². The van der Waals surface area contributed by atoms with Crippen molar-refractivity contribution in [2.75, 3.05) is 11.4 Å². The predicted molar refractivity (Wildman–Crippen MR) is 79.1 cm³/mol. The second-order valence-electron chi connectivity index (χ2n) is 5.63. The molecule has 1 aromatic rings. The van der Waals surface area contributed by atoms with Gasteiger partial charge in [-0.05, 0) is 50.3 Å². The van der Waals surface area contributed by atoms with Crippen molar-refractivity contribution >= 4 is 5.69 Å². The fourth-order valence-electron chi connectivity index (χ4n) is 2.43. The zero-order chi connectivity index (χ0) is 13.0. The number of hydrogen-bond acceptors (Lipinski definition) is 2. The molecular weight excluding hydrogens is 220 g/mol. The van der Waals surface area contributed by atoms with Gasteiger partial charge < -0.3 is 10.6 Å². The van der Waals surface area contributed by atoms with E-state index in [1.165, 1.54) is 43.5 Å². The van der Waals surface area contributed by atoms with Gasteiger partial charge in [0.25, 0.3) is 0 Å². The highest BCUT2D eigenvalue weighted by molar-refractivity contribution is 5.49. The second-order valence-corrected chi connectivity index (χ2v) is 5.63. The molecule has 1 aromatic carbocycles. The summed E-state index contributed by atoms with van der Waals surface area (Å²) >= 11 is 0. The Hall–Kier alpha value is -1.02. The highest BCUT2D eigenvalue weighted by Gasteiger charge is 2.28. The number of nitrogens with zero attached hydrogens (tertiary/aromatic N) is 1. The quantitative estimate of drug-likeness (QED) is 0.799. The monoisotopic (exact) mass is 246 g/mol. The Morgan fingerprint density at radius 2 is 1.94 bits per heavy atom. The second kappa shape index (κ2) is 6.24. The molecule has 0 bridgehead atoms. The van der Waals surface area contributed by atoms with E-state index < -0.39 is 0 Å². The van der Waals surface area contributed by atoms with Crippen molar-refractivity contribution in [2.24, 2.45) is 5.73 Å². The first kappa shape index (κ1) is 13.4. The molecule has 0 amide bonds. The summed E-state index contributed by atoms with van der Waals surface area (Å²) in [6, 6.07) is 10.1. The van der Waals surface area contributed by atoms with Gasteiger partial charge in [0.05, 0.1) is 0 Å². The average Bonchev–Trinajstić information content (AvgIpc) is 3.15. The summed E-state index contributed by atoms with van der Waals surface area (Å²) in [5.41, 5.74) is 8.57. The third kappa shape index (κ3) is 3.74. The lowest BCUT2D eigenvalue weighted by Gasteiger charge is -2.25. The zero-order valence-electron chi connectivity index (χ0n) is 11.7. The minimum atomic E-state index is 0.246. The van der Waals surface area contributed by atoms with E-state index in [-0.39, 0.29) is 6.04 Å². The van der Waals surface area contributed by atoms with Crippen LogP contribution in [0.25, 0.3) is 0 Å². The zero-order valence-corrected chi connectivity index (χ0v) is 11.7. The summed E-state index contributed by atoms with van der Waals surface area (Å²) in [5.74, 6) is 0. The molecule has 18 heavy (non-hydrogen) atoms. The van der Waals surface area contributed by atoms with Crippen LogP contribution in [0.1, 0.15) is 45.1 Å². The molecule has 100 valence electrons. The highest BCUT2D eigenvalue weighted by Crippen LogP contribution is 2.32. The summed E-state index contributed by atoms with van der Waals surface area (Å²) in [6.45, 7) is 5.52. The molecule has 0 radical (unpaired) electrons. The van der Waals surface area contributed by atoms with Crippen LogP contribution in [0.15, 0.2) is 24.3 Å². The van der Waals surface area contributed by atoms with Crippen molar-refractivity contribution in [3.8, 4) is 0 Å². The van der Waals surface area contributed by atoms with Crippen LogP contribution in [-0.4, -0.2) is 18.6 Å². The number of unbranched alkanes of at least 4 members (excludes halogenated alkanes) is 1. The Balaban J connectivity index is 2.01. The molecule has 2 nitrogen and oxygen atoms in total. The van der Waals surface area contributed by atoms with Crippen LogP contribution in [-0.2, 0) is 6.42 Å². The molecule has 1 unspecified atom stereocenters. The molecular formula is C16H26N2. The van der Waals surface area contributed by atoms with Gasteiger partial charge in [-0.25, -0.2) is 0 Å². The molecule has 1 aliphatic carbocycles. The molecule has 2 rings (SSSR count). The molecule has 1 atom stereocenters. The average molecular weight is 246 g/mol. The largest absolute Gasteiger partial charge is 0.369 e. The maximum atomic E-state index is 5.84. The molecule has 2 N–H and O–H groups in total. The SMILES string of the molecule is CCCCN(c1ccc(CC(C)N)cc1)C1CC1. The fourth-order valence-corrected chi connectivity index (χ4v) is 2.43. The van der Waals surface area contributed by atoms with E-state index in [0.29, 0.717) is 0 Å². The van der Waals surface area contributed by atoms with E-state index in [2.05, 4.69) is 43.0 Å². The van der Waals surface area contributed by atoms with Crippen LogP contribution < -0.4 is 10.6 Å². The smallest absolute Gasteiger partial charge is 0.0368 e. The highest BCUT2D eigenvalue weighted by atomic mass is 15.2. The first-order valence-corrected chi connectivity index (χ1v) is 7.32. The van der Waals surface area contributed by atoms with Crippen LogP contribution in [0.5, 0.6) is 0 Å². The van der Waals surface area contributed by atoms with Gasteiger partial charge >= 0.3 is 0 Å². The molecule has 0 saturated heterocycles. The lowest BCUT2D eigenvalue weighted by Crippen LogP contribution is -2.26. The van der Waals surface area contributed by atoms with Gasteiger partial charge in [-0.15, -0.1) is 0 Å². The maximum absolute atomic E-state index is 5.84. The van der Waals surface area contributed by atoms with Crippen LogP contribution in [0.3, 0.4) is 0 Å². The molecule has 2 heteroatoms. The Bertz CT molecular complexity index is 352. The summed E-state index contributed by atoms with van der Waals surface area (Å²) in [7, 11) is 0. The normalized spacial score (nSPS) is 16.6. The third-order valence-corrected chi connectivity index (χ3v) is 3.57. The fraction of sp³-hybridized carbons (Fsp3) is 0.625. The topological polar surface area (TPSA) is 29.3 Å². The van der Waals surface area contributed by atoms with Crippen molar-refractivity contribution in [3.63, 3.8) is 0 Å². The molecule has 1 fully saturated rings. The van der Waals surface area contributed by atoms with E-state index in [9.17, 15) is 0 Å². The molecule has 0 aliphatic heterocycles. The minimum Gasteiger partial charge on any atom is -0.369 e. The van der Waals surface area contributed by atoms with Gasteiger partial charge in [-0.2, -0.15) is 0 Å². The van der Waals surface area contributed by atoms with Gasteiger partial charge in [-0.3, -0.25) is 0 Å². The standard InChI is InChI=1S/C16H26N2/c1-3-4-11-18(16-9-10-16)15-7-5-14(6-8-15)12-13(2)17/h5-8,13,16H,3-4,9-12,17H2,1-2H3. The van der Waals surface area contributed by atoms with Crippen molar-refractivity contribution in [2.45, 2.75) is 58.0 Å². The Kier molecular flexibility index (Phi) is 4.65. The molecule has 0 heterocycles. The lowest BCUT2D eigenvalue weighted by molar-refractivity contribution is 0.711. The van der Waals surface area contributed by atoms with Crippen LogP contribution >= 0.6 is 0 Å². The van der Waals surface area contributed by atoms with E-state index in [4.69, 9.17) is 5.73 Å². The number of nitrogens with two attached hydrogens (primary N) is 1. The molecule has 0 aromatic heterocycles. The lowest BCUT2D eigenvalue weighted by atomic mass is 10.1. The van der Waals surface area contributed by atoms with Gasteiger partial charge in [0.1, 0.15) is 0 Å². The summed E-state index contributed by atoms with van der Waals surface area (Å²) in [6.07, 6.45) is 6.26. The molecule has 1 aliphatic rings. The predicted octanol–water partition coefficient (Wildman–Crippen LogP) is 3.35. The summed E-state index contributed by atoms with van der Waals surface area (Å²) in [4.78, 5) is 2.58. The van der Waals surface area contributed by atoms with Crippen LogP contribution in [0, 0.1) is 0 Å². The maximum Gasteiger partial charge on any atom is 0.0368 e. The first-order valence-electron chi connectivity index (χ1n) is 7.32. The summed E-state index contributed by atoms with van der Waals surface area (Å²) < 4.78 is 0. The molecule has 0 spiro atoms. The first-order chi connectivity index (χ1) is 8.70. The van der Waals surface area contributed by atoms with Crippen LogP contribution in [0.2, 0.25) is 0 Å². The number of hydrogen-bond donors (Lipinski definition) is 1. The Morgan fingerprint density at radius 3 is 2.44 bits per heavy atom. The van der Waals surface area contributed by atoms with Crippen LogP contribution in [0.4, 0.5) is 5.69 Å². The van der Waals surface area contributed by atoms with Gasteiger partial charge in [0.15, 0.2) is 0 Å². The summed E-state index contributed by atoms with van der Waals surface area (Å²) in [5, 5.41) is 0. The van der Waals surface area contributed by atoms with E-state index in [0.717, 1.165) is 12.5 Å². The minimum absolute atomic E-state index is 0.246. The number of rotatable bonds is 7. The van der Waals surface area contributed by atoms with Gasteiger partial charge in [-0.1, -0.05) is 25.5 Å². The van der Waals surface area contributed by atoms with Crippen molar-refractivity contribution in [3.05, 3.63) is 29.8 Å². The number of benzene rings is 1.